The molecule has 0 bridgehead atoms. The molecule has 1 aliphatic rings. The number of hydrogen-bond donors (Lipinski definition) is 1. The van der Waals surface area contributed by atoms with Gasteiger partial charge in [0.1, 0.15) is 0 Å². The summed E-state index contributed by atoms with van der Waals surface area (Å²) in [7, 11) is 3.87. The first-order valence-electron chi connectivity index (χ1n) is 6.10. The zero-order chi connectivity index (χ0) is 12.0. The van der Waals surface area contributed by atoms with Crippen LogP contribution in [0.25, 0.3) is 0 Å². The molecular formula is C12H26N2O2. The Morgan fingerprint density at radius 3 is 2.56 bits per heavy atom. The molecule has 16 heavy (non-hydrogen) atoms. The summed E-state index contributed by atoms with van der Waals surface area (Å²) in [6.45, 7) is 6.37. The molecule has 0 radical (unpaired) electrons. The van der Waals surface area contributed by atoms with Crippen molar-refractivity contribution in [3.05, 3.63) is 0 Å². The fourth-order valence-electron chi connectivity index (χ4n) is 2.17. The number of nitrogens with zero attached hydrogens (tertiary/aromatic N) is 1. The van der Waals surface area contributed by atoms with E-state index in [9.17, 15) is 0 Å². The molecular weight excluding hydrogens is 204 g/mol. The van der Waals surface area contributed by atoms with Crippen LogP contribution in [0.1, 0.15) is 19.8 Å². The van der Waals surface area contributed by atoms with Gasteiger partial charge in [0.05, 0.1) is 12.1 Å². The summed E-state index contributed by atoms with van der Waals surface area (Å²) in [5.74, 6) is 0.737. The Kier molecular flexibility index (Phi) is 5.69. The average molecular weight is 230 g/mol. The Labute approximate surface area is 99.1 Å². The van der Waals surface area contributed by atoms with Crippen LogP contribution in [0.3, 0.4) is 0 Å². The van der Waals surface area contributed by atoms with Crippen LogP contribution in [-0.4, -0.2) is 57.5 Å². The lowest BCUT2D eigenvalue weighted by molar-refractivity contribution is 0.0101. The third kappa shape index (κ3) is 3.70. The fourth-order valence-corrected chi connectivity index (χ4v) is 2.17. The van der Waals surface area contributed by atoms with E-state index in [2.05, 4.69) is 18.9 Å². The number of hydrogen-bond acceptors (Lipinski definition) is 4. The van der Waals surface area contributed by atoms with E-state index in [0.29, 0.717) is 13.2 Å². The summed E-state index contributed by atoms with van der Waals surface area (Å²) in [5, 5.41) is 0. The summed E-state index contributed by atoms with van der Waals surface area (Å²) in [6.07, 6.45) is 2.33. The molecule has 1 saturated heterocycles. The number of rotatable bonds is 6. The third-order valence-electron chi connectivity index (χ3n) is 3.69. The summed E-state index contributed by atoms with van der Waals surface area (Å²) in [5.41, 5.74) is 5.80. The molecule has 1 heterocycles. The van der Waals surface area contributed by atoms with Gasteiger partial charge >= 0.3 is 0 Å². The van der Waals surface area contributed by atoms with E-state index in [1.54, 1.807) is 7.11 Å². The Bertz CT molecular complexity index is 195. The van der Waals surface area contributed by atoms with E-state index in [4.69, 9.17) is 15.2 Å². The highest BCUT2D eigenvalue weighted by Gasteiger charge is 2.29. The van der Waals surface area contributed by atoms with Crippen LogP contribution < -0.4 is 5.73 Å². The van der Waals surface area contributed by atoms with Gasteiger partial charge in [0, 0.05) is 33.4 Å². The predicted molar refractivity (Wildman–Crippen MR) is 65.5 cm³/mol. The second-order valence-corrected chi connectivity index (χ2v) is 5.07. The molecule has 0 spiro atoms. The molecule has 1 atom stereocenters. The largest absolute Gasteiger partial charge is 0.383 e. The summed E-state index contributed by atoms with van der Waals surface area (Å²) in [6, 6.07) is 0. The van der Waals surface area contributed by atoms with Gasteiger partial charge in [-0.2, -0.15) is 0 Å². The molecule has 0 amide bonds. The van der Waals surface area contributed by atoms with Gasteiger partial charge in [-0.05, 0) is 32.7 Å². The minimum atomic E-state index is -0.0486. The maximum Gasteiger partial charge on any atom is 0.0656 e. The zero-order valence-corrected chi connectivity index (χ0v) is 10.9. The molecule has 0 aromatic heterocycles. The lowest BCUT2D eigenvalue weighted by Gasteiger charge is -2.40. The van der Waals surface area contributed by atoms with Crippen molar-refractivity contribution in [2.24, 2.45) is 11.7 Å². The van der Waals surface area contributed by atoms with Crippen molar-refractivity contribution in [3.8, 4) is 0 Å². The molecule has 0 saturated carbocycles. The number of ether oxygens (including phenoxy) is 2. The van der Waals surface area contributed by atoms with Gasteiger partial charge < -0.3 is 15.2 Å². The molecule has 0 aromatic rings. The van der Waals surface area contributed by atoms with Gasteiger partial charge in [-0.1, -0.05) is 0 Å². The zero-order valence-electron chi connectivity index (χ0n) is 10.9. The monoisotopic (exact) mass is 230 g/mol. The van der Waals surface area contributed by atoms with Crippen LogP contribution in [0.5, 0.6) is 0 Å². The predicted octanol–water partition coefficient (Wildman–Crippen LogP) is 0.709. The number of methoxy groups -OCH3 is 1. The van der Waals surface area contributed by atoms with Crippen molar-refractivity contribution in [1.29, 1.82) is 0 Å². The van der Waals surface area contributed by atoms with Crippen molar-refractivity contribution < 1.29 is 9.47 Å². The summed E-state index contributed by atoms with van der Waals surface area (Å²) in [4.78, 5) is 2.34. The minimum Gasteiger partial charge on any atom is -0.383 e. The van der Waals surface area contributed by atoms with Crippen LogP contribution in [0.2, 0.25) is 0 Å². The third-order valence-corrected chi connectivity index (χ3v) is 3.69. The molecule has 4 nitrogen and oxygen atoms in total. The van der Waals surface area contributed by atoms with E-state index >= 15 is 0 Å². The van der Waals surface area contributed by atoms with Gasteiger partial charge in [0.2, 0.25) is 0 Å². The van der Waals surface area contributed by atoms with Crippen molar-refractivity contribution in [2.75, 3.05) is 47.1 Å². The van der Waals surface area contributed by atoms with E-state index < -0.39 is 0 Å². The topological polar surface area (TPSA) is 47.7 Å². The van der Waals surface area contributed by atoms with Gasteiger partial charge in [0.25, 0.3) is 0 Å². The standard InChI is InChI=1S/C12H26N2O2/c1-12(9-13,10-15-3)14(2)8-11-4-6-16-7-5-11/h11H,4-10,13H2,1-3H3. The van der Waals surface area contributed by atoms with Crippen molar-refractivity contribution in [3.63, 3.8) is 0 Å². The summed E-state index contributed by atoms with van der Waals surface area (Å²) < 4.78 is 10.6. The molecule has 1 unspecified atom stereocenters. The molecule has 4 heteroatoms. The molecule has 0 aromatic carbocycles. The first-order valence-corrected chi connectivity index (χ1v) is 6.10. The van der Waals surface area contributed by atoms with Crippen molar-refractivity contribution >= 4 is 0 Å². The smallest absolute Gasteiger partial charge is 0.0656 e. The van der Waals surface area contributed by atoms with Gasteiger partial charge in [-0.3, -0.25) is 4.90 Å². The molecule has 1 rings (SSSR count). The maximum atomic E-state index is 5.85. The van der Waals surface area contributed by atoms with E-state index in [1.807, 2.05) is 0 Å². The minimum absolute atomic E-state index is 0.0486. The molecule has 1 fully saturated rings. The second kappa shape index (κ2) is 6.55. The Morgan fingerprint density at radius 2 is 2.06 bits per heavy atom. The Balaban J connectivity index is 2.44. The second-order valence-electron chi connectivity index (χ2n) is 5.07. The van der Waals surface area contributed by atoms with Gasteiger partial charge in [0.15, 0.2) is 0 Å². The Hall–Kier alpha value is -0.160. The highest BCUT2D eigenvalue weighted by atomic mass is 16.5. The lowest BCUT2D eigenvalue weighted by atomic mass is 9.95. The highest BCUT2D eigenvalue weighted by Crippen LogP contribution is 2.20. The molecule has 0 aliphatic carbocycles. The van der Waals surface area contributed by atoms with Crippen LogP contribution in [0, 0.1) is 5.92 Å². The van der Waals surface area contributed by atoms with Gasteiger partial charge in [-0.25, -0.2) is 0 Å². The molecule has 2 N–H and O–H groups in total. The quantitative estimate of drug-likeness (QED) is 0.730. The van der Waals surface area contributed by atoms with E-state index in [0.717, 1.165) is 38.5 Å². The number of nitrogens with two attached hydrogens (primary N) is 1. The van der Waals surface area contributed by atoms with Crippen LogP contribution in [0.4, 0.5) is 0 Å². The first kappa shape index (κ1) is 13.9. The van der Waals surface area contributed by atoms with Crippen LogP contribution in [-0.2, 0) is 9.47 Å². The number of likely N-dealkylation sites (N-methyl/N-ethyl adjacent to an activating group) is 1. The van der Waals surface area contributed by atoms with E-state index in [1.165, 1.54) is 0 Å². The normalized spacial score (nSPS) is 22.3. The first-order chi connectivity index (χ1) is 7.62. The SMILES string of the molecule is COCC(C)(CN)N(C)CC1CCOCC1. The van der Waals surface area contributed by atoms with E-state index in [-0.39, 0.29) is 5.54 Å². The molecule has 1 aliphatic heterocycles. The van der Waals surface area contributed by atoms with Crippen molar-refractivity contribution in [1.82, 2.24) is 4.90 Å². The van der Waals surface area contributed by atoms with Crippen LogP contribution in [0.15, 0.2) is 0 Å². The van der Waals surface area contributed by atoms with Gasteiger partial charge in [-0.15, -0.1) is 0 Å². The average Bonchev–Trinajstić information content (AvgIpc) is 2.30. The summed E-state index contributed by atoms with van der Waals surface area (Å²) >= 11 is 0. The van der Waals surface area contributed by atoms with Crippen molar-refractivity contribution in [2.45, 2.75) is 25.3 Å². The molecule has 96 valence electrons. The fraction of sp³-hybridized carbons (Fsp3) is 1.00. The maximum absolute atomic E-state index is 5.85. The lowest BCUT2D eigenvalue weighted by Crippen LogP contribution is -2.54. The Morgan fingerprint density at radius 1 is 1.44 bits per heavy atom. The van der Waals surface area contributed by atoms with Crippen LogP contribution >= 0.6 is 0 Å². The highest BCUT2D eigenvalue weighted by molar-refractivity contribution is 4.86.